The predicted octanol–water partition coefficient (Wildman–Crippen LogP) is 1.56. The number of benzene rings is 1. The Kier molecular flexibility index (Phi) is 3.90. The molecule has 0 spiro atoms. The number of anilines is 1. The number of hydrogen-bond donors (Lipinski definition) is 1. The highest BCUT2D eigenvalue weighted by atomic mass is 16.5. The fourth-order valence-electron chi connectivity index (χ4n) is 2.29. The van der Waals surface area contributed by atoms with Crippen molar-refractivity contribution in [3.63, 3.8) is 0 Å². The molecule has 2 N–H and O–H groups in total. The third-order valence-corrected chi connectivity index (χ3v) is 3.43. The largest absolute Gasteiger partial charge is 0.382 e. The van der Waals surface area contributed by atoms with Gasteiger partial charge in [-0.1, -0.05) is 24.3 Å². The summed E-state index contributed by atoms with van der Waals surface area (Å²) in [6, 6.07) is 8.44. The lowest BCUT2D eigenvalue weighted by Gasteiger charge is -2.26. The van der Waals surface area contributed by atoms with Crippen LogP contribution in [0.3, 0.4) is 0 Å². The summed E-state index contributed by atoms with van der Waals surface area (Å²) in [5, 5.41) is 0. The first-order chi connectivity index (χ1) is 9.81. The average molecular weight is 270 g/mol. The molecule has 0 bridgehead atoms. The van der Waals surface area contributed by atoms with Crippen LogP contribution >= 0.6 is 0 Å². The predicted molar refractivity (Wildman–Crippen MR) is 78.0 cm³/mol. The standard InChI is InChI=1S/C15H18N4O/c16-15-10-17-14(9-18-15)13-3-1-12(2-4-13)11-19-5-7-20-8-6-19/h1-4,9-10H,5-8,11H2,(H2,16,18). The van der Waals surface area contributed by atoms with Gasteiger partial charge in [-0.05, 0) is 5.56 Å². The van der Waals surface area contributed by atoms with Crippen molar-refractivity contribution in [2.75, 3.05) is 32.0 Å². The molecule has 0 saturated carbocycles. The minimum Gasteiger partial charge on any atom is -0.382 e. The van der Waals surface area contributed by atoms with E-state index in [2.05, 4.69) is 39.1 Å². The van der Waals surface area contributed by atoms with E-state index in [1.807, 2.05) is 0 Å². The highest BCUT2D eigenvalue weighted by Gasteiger charge is 2.10. The molecular formula is C15H18N4O. The van der Waals surface area contributed by atoms with Gasteiger partial charge in [-0.25, -0.2) is 4.98 Å². The summed E-state index contributed by atoms with van der Waals surface area (Å²) < 4.78 is 5.36. The normalized spacial score (nSPS) is 16.2. The Hall–Kier alpha value is -1.98. The molecule has 2 aromatic rings. The van der Waals surface area contributed by atoms with Crippen LogP contribution in [0.1, 0.15) is 5.56 Å². The lowest BCUT2D eigenvalue weighted by Crippen LogP contribution is -2.35. The molecule has 5 heteroatoms. The van der Waals surface area contributed by atoms with Gasteiger partial charge in [0.05, 0.1) is 31.3 Å². The molecule has 2 heterocycles. The Bertz CT molecular complexity index is 547. The fraction of sp³-hybridized carbons (Fsp3) is 0.333. The van der Waals surface area contributed by atoms with Crippen molar-refractivity contribution in [2.24, 2.45) is 0 Å². The minimum absolute atomic E-state index is 0.442. The number of nitrogen functional groups attached to an aromatic ring is 1. The maximum Gasteiger partial charge on any atom is 0.141 e. The van der Waals surface area contributed by atoms with Crippen molar-refractivity contribution < 1.29 is 4.74 Å². The zero-order valence-corrected chi connectivity index (χ0v) is 11.3. The molecule has 0 atom stereocenters. The number of ether oxygens (including phenoxy) is 1. The maximum atomic E-state index is 5.54. The van der Waals surface area contributed by atoms with Gasteiger partial charge in [0, 0.05) is 25.2 Å². The Morgan fingerprint density at radius 1 is 1.05 bits per heavy atom. The molecule has 1 aliphatic heterocycles. The number of nitrogens with two attached hydrogens (primary N) is 1. The molecule has 1 aromatic heterocycles. The molecular weight excluding hydrogens is 252 g/mol. The van der Waals surface area contributed by atoms with Crippen LogP contribution in [0.4, 0.5) is 5.82 Å². The SMILES string of the molecule is Nc1cnc(-c2ccc(CN3CCOCC3)cc2)cn1. The molecule has 104 valence electrons. The van der Waals surface area contributed by atoms with Crippen molar-refractivity contribution in [3.05, 3.63) is 42.2 Å². The highest BCUT2D eigenvalue weighted by molar-refractivity contribution is 5.58. The molecule has 1 aliphatic rings. The van der Waals surface area contributed by atoms with Crippen LogP contribution in [0.2, 0.25) is 0 Å². The van der Waals surface area contributed by atoms with Crippen LogP contribution in [-0.4, -0.2) is 41.2 Å². The molecule has 0 amide bonds. The van der Waals surface area contributed by atoms with Crippen LogP contribution in [0.5, 0.6) is 0 Å². The zero-order chi connectivity index (χ0) is 13.8. The molecule has 1 fully saturated rings. The van der Waals surface area contributed by atoms with Crippen LogP contribution in [0.25, 0.3) is 11.3 Å². The topological polar surface area (TPSA) is 64.3 Å². The van der Waals surface area contributed by atoms with Gasteiger partial charge >= 0.3 is 0 Å². The lowest BCUT2D eigenvalue weighted by molar-refractivity contribution is 0.0342. The second-order valence-corrected chi connectivity index (χ2v) is 4.91. The third-order valence-electron chi connectivity index (χ3n) is 3.43. The third kappa shape index (κ3) is 3.12. The van der Waals surface area contributed by atoms with E-state index in [0.29, 0.717) is 5.82 Å². The van der Waals surface area contributed by atoms with Gasteiger partial charge in [0.25, 0.3) is 0 Å². The van der Waals surface area contributed by atoms with Gasteiger partial charge in [0.1, 0.15) is 5.82 Å². The van der Waals surface area contributed by atoms with Crippen LogP contribution in [-0.2, 0) is 11.3 Å². The van der Waals surface area contributed by atoms with Crippen molar-refractivity contribution in [2.45, 2.75) is 6.54 Å². The summed E-state index contributed by atoms with van der Waals surface area (Å²) >= 11 is 0. The molecule has 5 nitrogen and oxygen atoms in total. The average Bonchev–Trinajstić information content (AvgIpc) is 2.50. The van der Waals surface area contributed by atoms with Crippen molar-refractivity contribution in [1.82, 2.24) is 14.9 Å². The molecule has 3 rings (SSSR count). The van der Waals surface area contributed by atoms with E-state index < -0.39 is 0 Å². The first-order valence-electron chi connectivity index (χ1n) is 6.78. The summed E-state index contributed by atoms with van der Waals surface area (Å²) in [6.07, 6.45) is 3.28. The van der Waals surface area contributed by atoms with E-state index in [0.717, 1.165) is 44.1 Å². The zero-order valence-electron chi connectivity index (χ0n) is 11.3. The van der Waals surface area contributed by atoms with Gasteiger partial charge in [-0.15, -0.1) is 0 Å². The Labute approximate surface area is 118 Å². The Morgan fingerprint density at radius 2 is 1.80 bits per heavy atom. The number of aromatic nitrogens is 2. The smallest absolute Gasteiger partial charge is 0.141 e. The van der Waals surface area contributed by atoms with E-state index in [1.54, 1.807) is 12.4 Å². The molecule has 20 heavy (non-hydrogen) atoms. The van der Waals surface area contributed by atoms with Gasteiger partial charge < -0.3 is 10.5 Å². The second kappa shape index (κ2) is 5.98. The van der Waals surface area contributed by atoms with E-state index in [4.69, 9.17) is 10.5 Å². The number of rotatable bonds is 3. The van der Waals surface area contributed by atoms with Gasteiger partial charge in [0.2, 0.25) is 0 Å². The van der Waals surface area contributed by atoms with E-state index in [9.17, 15) is 0 Å². The van der Waals surface area contributed by atoms with Crippen LogP contribution in [0, 0.1) is 0 Å². The summed E-state index contributed by atoms with van der Waals surface area (Å²) in [5.41, 5.74) is 8.75. The van der Waals surface area contributed by atoms with Gasteiger partial charge in [-0.2, -0.15) is 0 Å². The first kappa shape index (κ1) is 13.0. The number of hydrogen-bond acceptors (Lipinski definition) is 5. The van der Waals surface area contributed by atoms with Gasteiger partial charge in [0.15, 0.2) is 0 Å². The summed E-state index contributed by atoms with van der Waals surface area (Å²) in [7, 11) is 0. The summed E-state index contributed by atoms with van der Waals surface area (Å²) in [6.45, 7) is 4.64. The molecule has 1 saturated heterocycles. The van der Waals surface area contributed by atoms with Crippen molar-refractivity contribution in [1.29, 1.82) is 0 Å². The van der Waals surface area contributed by atoms with Crippen LogP contribution in [0.15, 0.2) is 36.7 Å². The van der Waals surface area contributed by atoms with Crippen LogP contribution < -0.4 is 5.73 Å². The maximum absolute atomic E-state index is 5.54. The van der Waals surface area contributed by atoms with Crippen molar-refractivity contribution in [3.8, 4) is 11.3 Å². The Morgan fingerprint density at radius 3 is 2.45 bits per heavy atom. The van der Waals surface area contributed by atoms with Gasteiger partial charge in [-0.3, -0.25) is 9.88 Å². The number of morpholine rings is 1. The highest BCUT2D eigenvalue weighted by Crippen LogP contribution is 2.18. The van der Waals surface area contributed by atoms with E-state index >= 15 is 0 Å². The molecule has 0 unspecified atom stereocenters. The molecule has 0 radical (unpaired) electrons. The lowest BCUT2D eigenvalue weighted by atomic mass is 10.1. The quantitative estimate of drug-likeness (QED) is 0.917. The minimum atomic E-state index is 0.442. The second-order valence-electron chi connectivity index (χ2n) is 4.91. The summed E-state index contributed by atoms with van der Waals surface area (Å²) in [5.74, 6) is 0.442. The summed E-state index contributed by atoms with van der Waals surface area (Å²) in [4.78, 5) is 10.7. The Balaban J connectivity index is 1.69. The van der Waals surface area contributed by atoms with Crippen molar-refractivity contribution >= 4 is 5.82 Å². The monoisotopic (exact) mass is 270 g/mol. The molecule has 0 aliphatic carbocycles. The van der Waals surface area contributed by atoms with E-state index in [1.165, 1.54) is 5.56 Å². The molecule has 1 aromatic carbocycles. The van der Waals surface area contributed by atoms with E-state index in [-0.39, 0.29) is 0 Å². The number of nitrogens with zero attached hydrogens (tertiary/aromatic N) is 3. The fourth-order valence-corrected chi connectivity index (χ4v) is 2.29. The first-order valence-corrected chi connectivity index (χ1v) is 6.78.